The molecule has 1 rings (SSSR count). The van der Waals surface area contributed by atoms with Gasteiger partial charge in [-0.25, -0.2) is 4.39 Å². The smallest absolute Gasteiger partial charge is 0.108 e. The maximum Gasteiger partial charge on any atom is 0.108 e. The third-order valence-electron chi connectivity index (χ3n) is 2.44. The Labute approximate surface area is 74.3 Å². The summed E-state index contributed by atoms with van der Waals surface area (Å²) >= 11 is 0. The minimum atomic E-state index is -0.934. The van der Waals surface area contributed by atoms with Crippen molar-refractivity contribution in [3.05, 3.63) is 0 Å². The zero-order valence-electron chi connectivity index (χ0n) is 8.27. The number of rotatable bonds is 2. The van der Waals surface area contributed by atoms with Crippen molar-refractivity contribution in [1.82, 2.24) is 0 Å². The van der Waals surface area contributed by atoms with Crippen molar-refractivity contribution in [2.75, 3.05) is 0 Å². The van der Waals surface area contributed by atoms with Gasteiger partial charge in [-0.3, -0.25) is 0 Å². The van der Waals surface area contributed by atoms with Crippen molar-refractivity contribution >= 4 is 0 Å². The fourth-order valence-electron chi connectivity index (χ4n) is 1.71. The van der Waals surface area contributed by atoms with Gasteiger partial charge in [0.25, 0.3) is 0 Å². The van der Waals surface area contributed by atoms with Gasteiger partial charge in [-0.2, -0.15) is 0 Å². The maximum absolute atomic E-state index is 13.3. The molecule has 1 aliphatic carbocycles. The van der Waals surface area contributed by atoms with Crippen LogP contribution in [0.15, 0.2) is 0 Å². The predicted molar refractivity (Wildman–Crippen MR) is 48.0 cm³/mol. The molecule has 0 radical (unpaired) electrons. The lowest BCUT2D eigenvalue weighted by Crippen LogP contribution is -2.31. The molecule has 0 unspecified atom stereocenters. The lowest BCUT2D eigenvalue weighted by Gasteiger charge is -2.31. The summed E-state index contributed by atoms with van der Waals surface area (Å²) in [7, 11) is 0. The Kier molecular flexibility index (Phi) is 3.10. The number of ether oxygens (including phenoxy) is 1. The van der Waals surface area contributed by atoms with Gasteiger partial charge in [0.05, 0.1) is 12.2 Å². The first-order valence-corrected chi connectivity index (χ1v) is 4.84. The van der Waals surface area contributed by atoms with Crippen LogP contribution < -0.4 is 0 Å². The first kappa shape index (κ1) is 9.97. The van der Waals surface area contributed by atoms with E-state index in [0.29, 0.717) is 18.9 Å². The number of alkyl halides is 1. The summed E-state index contributed by atoms with van der Waals surface area (Å²) in [5.74, 6) is 0. The van der Waals surface area contributed by atoms with E-state index in [0.717, 1.165) is 12.8 Å². The van der Waals surface area contributed by atoms with Crippen molar-refractivity contribution in [3.63, 3.8) is 0 Å². The highest BCUT2D eigenvalue weighted by molar-refractivity contribution is 4.82. The van der Waals surface area contributed by atoms with E-state index in [2.05, 4.69) is 0 Å². The second-order valence-electron chi connectivity index (χ2n) is 4.30. The molecule has 0 aromatic carbocycles. The van der Waals surface area contributed by atoms with Crippen LogP contribution in [0.3, 0.4) is 0 Å². The fourth-order valence-corrected chi connectivity index (χ4v) is 1.71. The summed E-state index contributed by atoms with van der Waals surface area (Å²) in [4.78, 5) is 0. The third kappa shape index (κ3) is 3.10. The van der Waals surface area contributed by atoms with Crippen LogP contribution in [0.4, 0.5) is 4.39 Å². The minimum Gasteiger partial charge on any atom is -0.376 e. The Hall–Kier alpha value is -0.110. The van der Waals surface area contributed by atoms with Crippen LogP contribution in [0.25, 0.3) is 0 Å². The Balaban J connectivity index is 2.27. The molecule has 0 saturated heterocycles. The van der Waals surface area contributed by atoms with Crippen LogP contribution in [-0.2, 0) is 4.74 Å². The normalized spacial score (nSPS) is 37.2. The topological polar surface area (TPSA) is 9.23 Å². The molecule has 0 N–H and O–H groups in total. The van der Waals surface area contributed by atoms with Crippen molar-refractivity contribution < 1.29 is 9.13 Å². The van der Waals surface area contributed by atoms with Gasteiger partial charge >= 0.3 is 0 Å². The van der Waals surface area contributed by atoms with Gasteiger partial charge < -0.3 is 4.74 Å². The zero-order valence-corrected chi connectivity index (χ0v) is 8.27. The van der Waals surface area contributed by atoms with E-state index in [1.807, 2.05) is 13.8 Å². The van der Waals surface area contributed by atoms with Gasteiger partial charge in [0, 0.05) is 0 Å². The molecular weight excluding hydrogens is 155 g/mol. The summed E-state index contributed by atoms with van der Waals surface area (Å²) in [6.07, 6.45) is 3.65. The van der Waals surface area contributed by atoms with Crippen LogP contribution in [0.2, 0.25) is 0 Å². The van der Waals surface area contributed by atoms with Gasteiger partial charge in [0.15, 0.2) is 0 Å². The van der Waals surface area contributed by atoms with Crippen molar-refractivity contribution in [1.29, 1.82) is 0 Å². The molecule has 0 aliphatic heterocycles. The Morgan fingerprint density at radius 3 is 2.25 bits per heavy atom. The largest absolute Gasteiger partial charge is 0.376 e. The summed E-state index contributed by atoms with van der Waals surface area (Å²) in [5, 5.41) is 0. The van der Waals surface area contributed by atoms with E-state index in [9.17, 15) is 4.39 Å². The molecule has 1 nitrogen and oxygen atoms in total. The second-order valence-corrected chi connectivity index (χ2v) is 4.30. The lowest BCUT2D eigenvalue weighted by atomic mass is 9.86. The highest BCUT2D eigenvalue weighted by Crippen LogP contribution is 2.32. The summed E-state index contributed by atoms with van der Waals surface area (Å²) in [6.45, 7) is 5.76. The SMILES string of the molecule is CC(C)OC1CCC(C)(F)CC1. The molecule has 72 valence electrons. The molecule has 0 spiro atoms. The summed E-state index contributed by atoms with van der Waals surface area (Å²) in [5.41, 5.74) is -0.934. The second kappa shape index (κ2) is 3.73. The quantitative estimate of drug-likeness (QED) is 0.625. The van der Waals surface area contributed by atoms with Gasteiger partial charge in [-0.05, 0) is 46.5 Å². The Bertz CT molecular complexity index is 133. The minimum absolute atomic E-state index is 0.277. The number of halogens is 1. The van der Waals surface area contributed by atoms with Crippen molar-refractivity contribution in [3.8, 4) is 0 Å². The predicted octanol–water partition coefficient (Wildman–Crippen LogP) is 3.08. The van der Waals surface area contributed by atoms with E-state index in [4.69, 9.17) is 4.74 Å². The van der Waals surface area contributed by atoms with E-state index < -0.39 is 5.67 Å². The van der Waals surface area contributed by atoms with Crippen LogP contribution in [0, 0.1) is 0 Å². The van der Waals surface area contributed by atoms with E-state index in [-0.39, 0.29) is 6.10 Å². The van der Waals surface area contributed by atoms with Gasteiger partial charge in [0.1, 0.15) is 5.67 Å². The fraction of sp³-hybridized carbons (Fsp3) is 1.00. The molecule has 0 atom stereocenters. The molecule has 1 aliphatic rings. The molecule has 0 aromatic rings. The number of hydrogen-bond donors (Lipinski definition) is 0. The Morgan fingerprint density at radius 1 is 1.33 bits per heavy atom. The van der Waals surface area contributed by atoms with Gasteiger partial charge in [-0.1, -0.05) is 0 Å². The van der Waals surface area contributed by atoms with Gasteiger partial charge in [-0.15, -0.1) is 0 Å². The average Bonchev–Trinajstić information content (AvgIpc) is 1.93. The first-order valence-electron chi connectivity index (χ1n) is 4.84. The van der Waals surface area contributed by atoms with Crippen LogP contribution in [0.1, 0.15) is 46.5 Å². The van der Waals surface area contributed by atoms with E-state index >= 15 is 0 Å². The summed E-state index contributed by atoms with van der Waals surface area (Å²) in [6, 6.07) is 0. The Morgan fingerprint density at radius 2 is 1.83 bits per heavy atom. The maximum atomic E-state index is 13.3. The van der Waals surface area contributed by atoms with Crippen molar-refractivity contribution in [2.24, 2.45) is 0 Å². The molecule has 1 fully saturated rings. The molecule has 1 saturated carbocycles. The van der Waals surface area contributed by atoms with Gasteiger partial charge in [0.2, 0.25) is 0 Å². The molecule has 2 heteroatoms. The lowest BCUT2D eigenvalue weighted by molar-refractivity contribution is -0.0392. The van der Waals surface area contributed by atoms with Crippen molar-refractivity contribution in [2.45, 2.75) is 64.3 Å². The van der Waals surface area contributed by atoms with Crippen LogP contribution >= 0.6 is 0 Å². The standard InChI is InChI=1S/C10H19FO/c1-8(2)12-9-4-6-10(3,11)7-5-9/h8-9H,4-7H2,1-3H3. The molecule has 0 amide bonds. The van der Waals surface area contributed by atoms with Crippen LogP contribution in [0.5, 0.6) is 0 Å². The third-order valence-corrected chi connectivity index (χ3v) is 2.44. The van der Waals surface area contributed by atoms with E-state index in [1.165, 1.54) is 0 Å². The molecule has 0 heterocycles. The zero-order chi connectivity index (χ0) is 9.19. The first-order chi connectivity index (χ1) is 5.49. The molecule has 0 bridgehead atoms. The number of hydrogen-bond acceptors (Lipinski definition) is 1. The molecule has 0 aromatic heterocycles. The van der Waals surface area contributed by atoms with Crippen LogP contribution in [-0.4, -0.2) is 17.9 Å². The highest BCUT2D eigenvalue weighted by atomic mass is 19.1. The summed E-state index contributed by atoms with van der Waals surface area (Å²) < 4.78 is 18.9. The molecular formula is C10H19FO. The monoisotopic (exact) mass is 174 g/mol. The van der Waals surface area contributed by atoms with E-state index in [1.54, 1.807) is 6.92 Å². The highest BCUT2D eigenvalue weighted by Gasteiger charge is 2.31. The average molecular weight is 174 g/mol. The molecule has 12 heavy (non-hydrogen) atoms.